The summed E-state index contributed by atoms with van der Waals surface area (Å²) in [7, 11) is 1.68. The Morgan fingerprint density at radius 2 is 2.33 bits per heavy atom. The first kappa shape index (κ1) is 11.5. The van der Waals surface area contributed by atoms with Crippen molar-refractivity contribution < 1.29 is 9.66 Å². The van der Waals surface area contributed by atoms with Crippen LogP contribution in [0.2, 0.25) is 0 Å². The van der Waals surface area contributed by atoms with E-state index in [0.29, 0.717) is 0 Å². The first-order chi connectivity index (χ1) is 8.60. The number of nitriles is 1. The van der Waals surface area contributed by atoms with Gasteiger partial charge >= 0.3 is 6.01 Å². The molecule has 0 spiro atoms. The first-order valence-electron chi connectivity index (χ1n) is 4.82. The van der Waals surface area contributed by atoms with E-state index in [1.807, 2.05) is 0 Å². The number of rotatable bonds is 3. The number of aryl methyl sites for hydroxylation is 1. The second kappa shape index (κ2) is 4.50. The lowest BCUT2D eigenvalue weighted by Gasteiger charge is -2.01. The molecule has 0 aliphatic heterocycles. The van der Waals surface area contributed by atoms with Crippen LogP contribution in [-0.4, -0.2) is 19.7 Å². The van der Waals surface area contributed by atoms with Crippen LogP contribution in [0.4, 0.5) is 5.69 Å². The molecule has 0 saturated heterocycles. The topological polar surface area (TPSA) is 107 Å². The van der Waals surface area contributed by atoms with E-state index >= 15 is 0 Å². The largest absolute Gasteiger partial charge is 0.423 e. The summed E-state index contributed by atoms with van der Waals surface area (Å²) in [6, 6.07) is 5.71. The van der Waals surface area contributed by atoms with Gasteiger partial charge in [-0.3, -0.25) is 14.8 Å². The Morgan fingerprint density at radius 1 is 1.56 bits per heavy atom. The Labute approximate surface area is 101 Å². The van der Waals surface area contributed by atoms with Gasteiger partial charge in [-0.1, -0.05) is 0 Å². The second-order valence-corrected chi connectivity index (χ2v) is 3.35. The predicted octanol–water partition coefficient (Wildman–Crippen LogP) is 1.39. The molecule has 8 nitrogen and oxygen atoms in total. The molecule has 0 bridgehead atoms. The molecule has 0 aliphatic carbocycles. The summed E-state index contributed by atoms with van der Waals surface area (Å²) in [6.07, 6.45) is 1.45. The summed E-state index contributed by atoms with van der Waals surface area (Å²) in [4.78, 5) is 13.9. The third kappa shape index (κ3) is 2.25. The molecule has 2 aromatic rings. The standard InChI is InChI=1S/C10H7N5O3/c1-14-6-12-10(13-14)18-8-2-3-9(15(16)17)7(4-8)5-11/h2-4,6H,1H3. The number of hydrogen-bond donors (Lipinski definition) is 0. The fourth-order valence-corrected chi connectivity index (χ4v) is 1.30. The number of nitrogens with zero attached hydrogens (tertiary/aromatic N) is 5. The van der Waals surface area contributed by atoms with Crippen LogP contribution >= 0.6 is 0 Å². The lowest BCUT2D eigenvalue weighted by Crippen LogP contribution is -1.94. The van der Waals surface area contributed by atoms with Crippen molar-refractivity contribution in [3.8, 4) is 17.8 Å². The zero-order valence-corrected chi connectivity index (χ0v) is 9.27. The van der Waals surface area contributed by atoms with E-state index in [2.05, 4.69) is 10.1 Å². The van der Waals surface area contributed by atoms with Gasteiger partial charge in [-0.2, -0.15) is 10.2 Å². The van der Waals surface area contributed by atoms with Gasteiger partial charge in [0.1, 0.15) is 23.7 Å². The third-order valence-electron chi connectivity index (χ3n) is 2.07. The molecule has 0 N–H and O–H groups in total. The molecule has 90 valence electrons. The van der Waals surface area contributed by atoms with Gasteiger partial charge in [0.2, 0.25) is 0 Å². The molecular formula is C10H7N5O3. The number of benzene rings is 1. The summed E-state index contributed by atoms with van der Waals surface area (Å²) < 4.78 is 6.71. The van der Waals surface area contributed by atoms with Crippen LogP contribution < -0.4 is 4.74 Å². The van der Waals surface area contributed by atoms with Gasteiger partial charge in [0.05, 0.1) is 4.92 Å². The molecule has 0 radical (unpaired) electrons. The molecule has 2 rings (SSSR count). The SMILES string of the molecule is Cn1cnc(Oc2ccc([N+](=O)[O-])c(C#N)c2)n1. The number of nitro benzene ring substituents is 1. The lowest BCUT2D eigenvalue weighted by molar-refractivity contribution is -0.385. The Balaban J connectivity index is 2.31. The Bertz CT molecular complexity index is 643. The third-order valence-corrected chi connectivity index (χ3v) is 2.07. The molecule has 0 atom stereocenters. The highest BCUT2D eigenvalue weighted by Gasteiger charge is 2.15. The van der Waals surface area contributed by atoms with Crippen molar-refractivity contribution in [3.63, 3.8) is 0 Å². The van der Waals surface area contributed by atoms with Crippen LogP contribution in [0.5, 0.6) is 11.8 Å². The molecule has 1 aromatic heterocycles. The molecule has 0 aliphatic rings. The van der Waals surface area contributed by atoms with Crippen molar-refractivity contribution in [3.05, 3.63) is 40.2 Å². The lowest BCUT2D eigenvalue weighted by atomic mass is 10.2. The van der Waals surface area contributed by atoms with Crippen molar-refractivity contribution in [2.75, 3.05) is 0 Å². The van der Waals surface area contributed by atoms with Gasteiger partial charge in [-0.15, -0.1) is 5.10 Å². The summed E-state index contributed by atoms with van der Waals surface area (Å²) >= 11 is 0. The monoisotopic (exact) mass is 245 g/mol. The maximum Gasteiger partial charge on any atom is 0.340 e. The van der Waals surface area contributed by atoms with Crippen molar-refractivity contribution in [1.82, 2.24) is 14.8 Å². The maximum atomic E-state index is 10.6. The highest BCUT2D eigenvalue weighted by molar-refractivity contribution is 5.52. The van der Waals surface area contributed by atoms with Crippen molar-refractivity contribution in [1.29, 1.82) is 5.26 Å². The quantitative estimate of drug-likeness (QED) is 0.597. The number of hydrogen-bond acceptors (Lipinski definition) is 6. The van der Waals surface area contributed by atoms with E-state index < -0.39 is 4.92 Å². The molecule has 8 heteroatoms. The van der Waals surface area contributed by atoms with E-state index in [-0.39, 0.29) is 23.0 Å². The summed E-state index contributed by atoms with van der Waals surface area (Å²) in [5.74, 6) is 0.267. The fourth-order valence-electron chi connectivity index (χ4n) is 1.30. The molecular weight excluding hydrogens is 238 g/mol. The average molecular weight is 245 g/mol. The molecule has 0 amide bonds. The summed E-state index contributed by atoms with van der Waals surface area (Å²) in [6.45, 7) is 0. The number of ether oxygens (including phenoxy) is 1. The van der Waals surface area contributed by atoms with Gasteiger partial charge in [0.25, 0.3) is 5.69 Å². The van der Waals surface area contributed by atoms with Crippen LogP contribution in [-0.2, 0) is 7.05 Å². The molecule has 1 aromatic carbocycles. The van der Waals surface area contributed by atoms with Crippen LogP contribution in [0.25, 0.3) is 0 Å². The molecule has 1 heterocycles. The normalized spacial score (nSPS) is 9.78. The van der Waals surface area contributed by atoms with E-state index in [1.165, 1.54) is 29.2 Å². The minimum absolute atomic E-state index is 0.0755. The first-order valence-corrected chi connectivity index (χ1v) is 4.82. The van der Waals surface area contributed by atoms with Crippen LogP contribution in [0.3, 0.4) is 0 Å². The minimum Gasteiger partial charge on any atom is -0.423 e. The van der Waals surface area contributed by atoms with Gasteiger partial charge in [-0.25, -0.2) is 0 Å². The van der Waals surface area contributed by atoms with Crippen LogP contribution in [0, 0.1) is 21.4 Å². The number of nitro groups is 1. The van der Waals surface area contributed by atoms with Gasteiger partial charge in [0, 0.05) is 19.2 Å². The number of aromatic nitrogens is 3. The highest BCUT2D eigenvalue weighted by Crippen LogP contribution is 2.25. The molecule has 0 saturated carbocycles. The summed E-state index contributed by atoms with van der Waals surface area (Å²) in [5.41, 5.74) is -0.340. The van der Waals surface area contributed by atoms with E-state index in [0.717, 1.165) is 0 Å². The smallest absolute Gasteiger partial charge is 0.340 e. The fraction of sp³-hybridized carbons (Fsp3) is 0.100. The van der Waals surface area contributed by atoms with Crippen molar-refractivity contribution >= 4 is 5.69 Å². The average Bonchev–Trinajstić information content (AvgIpc) is 2.74. The predicted molar refractivity (Wildman–Crippen MR) is 58.9 cm³/mol. The van der Waals surface area contributed by atoms with Crippen molar-refractivity contribution in [2.24, 2.45) is 7.05 Å². The Hall–Kier alpha value is -2.95. The van der Waals surface area contributed by atoms with Gasteiger partial charge in [-0.05, 0) is 6.07 Å². The molecule has 0 unspecified atom stereocenters. The molecule has 0 fully saturated rings. The zero-order valence-electron chi connectivity index (χ0n) is 9.27. The molecule has 18 heavy (non-hydrogen) atoms. The zero-order chi connectivity index (χ0) is 13.1. The van der Waals surface area contributed by atoms with Gasteiger partial charge < -0.3 is 4.74 Å². The van der Waals surface area contributed by atoms with E-state index in [1.54, 1.807) is 13.1 Å². The van der Waals surface area contributed by atoms with Crippen LogP contribution in [0.1, 0.15) is 5.56 Å². The van der Waals surface area contributed by atoms with E-state index in [4.69, 9.17) is 10.00 Å². The van der Waals surface area contributed by atoms with E-state index in [9.17, 15) is 10.1 Å². The Morgan fingerprint density at radius 3 is 2.89 bits per heavy atom. The minimum atomic E-state index is -0.624. The summed E-state index contributed by atoms with van der Waals surface area (Å²) in [5, 5.41) is 23.3. The van der Waals surface area contributed by atoms with Crippen LogP contribution in [0.15, 0.2) is 24.5 Å². The van der Waals surface area contributed by atoms with Crippen molar-refractivity contribution in [2.45, 2.75) is 0 Å². The van der Waals surface area contributed by atoms with Gasteiger partial charge in [0.15, 0.2) is 0 Å². The highest BCUT2D eigenvalue weighted by atomic mass is 16.6. The second-order valence-electron chi connectivity index (χ2n) is 3.35. The Kier molecular flexibility index (Phi) is 2.89. The maximum absolute atomic E-state index is 10.6.